The van der Waals surface area contributed by atoms with E-state index < -0.39 is 17.6 Å². The summed E-state index contributed by atoms with van der Waals surface area (Å²) in [6.45, 7) is 4.11. The van der Waals surface area contributed by atoms with E-state index in [-0.39, 0.29) is 29.5 Å². The van der Waals surface area contributed by atoms with Gasteiger partial charge in [-0.2, -0.15) is 13.2 Å². The molecule has 0 aromatic carbocycles. The highest BCUT2D eigenvalue weighted by atomic mass is 19.4. The highest BCUT2D eigenvalue weighted by Crippen LogP contribution is 2.64. The second kappa shape index (κ2) is 8.45. The molecule has 0 bridgehead atoms. The van der Waals surface area contributed by atoms with Gasteiger partial charge in [-0.05, 0) is 99.7 Å². The topological polar surface area (TPSA) is 72.3 Å². The van der Waals surface area contributed by atoms with E-state index in [2.05, 4.69) is 16.9 Å². The van der Waals surface area contributed by atoms with E-state index in [9.17, 15) is 23.1 Å². The first-order chi connectivity index (χ1) is 16.0. The molecular weight excluding hydrogens is 445 g/mol. The molecule has 34 heavy (non-hydrogen) atoms. The molecule has 0 aliphatic heterocycles. The fourth-order valence-electron chi connectivity index (χ4n) is 8.40. The molecule has 4 fully saturated rings. The van der Waals surface area contributed by atoms with Gasteiger partial charge in [0.25, 0.3) is 0 Å². The number of alkyl halides is 3. The molecule has 4 aliphatic rings. The Morgan fingerprint density at radius 2 is 1.74 bits per heavy atom. The fraction of sp³-hybridized carbons (Fsp3) is 0.808. The van der Waals surface area contributed by atoms with Crippen molar-refractivity contribution >= 4 is 5.78 Å². The Labute approximate surface area is 198 Å². The Hall–Kier alpha value is -1.70. The second-order valence-electron chi connectivity index (χ2n) is 11.8. The van der Waals surface area contributed by atoms with Crippen LogP contribution in [-0.4, -0.2) is 33.1 Å². The van der Waals surface area contributed by atoms with Crippen LogP contribution in [0.2, 0.25) is 0 Å². The molecule has 8 atom stereocenters. The lowest BCUT2D eigenvalue weighted by Crippen LogP contribution is -2.51. The molecule has 0 saturated heterocycles. The average molecular weight is 481 g/mol. The van der Waals surface area contributed by atoms with E-state index in [1.165, 1.54) is 12.8 Å². The third-order valence-corrected chi connectivity index (χ3v) is 9.89. The largest absolute Gasteiger partial charge is 0.483 e. The molecule has 8 heteroatoms. The van der Waals surface area contributed by atoms with Gasteiger partial charge in [-0.15, -0.1) is 0 Å². The van der Waals surface area contributed by atoms with E-state index in [0.717, 1.165) is 57.3 Å². The van der Waals surface area contributed by atoms with Gasteiger partial charge in [-0.1, -0.05) is 6.92 Å². The summed E-state index contributed by atoms with van der Waals surface area (Å²) >= 11 is 0. The summed E-state index contributed by atoms with van der Waals surface area (Å²) in [5, 5.41) is 10.6. The van der Waals surface area contributed by atoms with Gasteiger partial charge >= 0.3 is 6.18 Å². The normalized spacial score (nSPS) is 41.8. The lowest BCUT2D eigenvalue weighted by atomic mass is 9.49. The Balaban J connectivity index is 1.22. The van der Waals surface area contributed by atoms with Gasteiger partial charge in [0, 0.05) is 5.92 Å². The van der Waals surface area contributed by atoms with E-state index in [0.29, 0.717) is 29.6 Å². The van der Waals surface area contributed by atoms with Crippen LogP contribution in [-0.2, 0) is 11.0 Å². The zero-order chi connectivity index (χ0) is 24.3. The SMILES string of the molecule is C[C@@]1(O)CC[C@H]2[C@H](CC[C@@H]3[C@@H]2CC[C@]2(C)[C@@H](C(=O)COc4cnc(C(F)(F)F)nc4)CC[C@@H]32)C1. The minimum Gasteiger partial charge on any atom is -0.483 e. The maximum absolute atomic E-state index is 13.2. The Morgan fingerprint density at radius 3 is 2.44 bits per heavy atom. The number of halogens is 3. The van der Waals surface area contributed by atoms with Crippen molar-refractivity contribution in [2.45, 2.75) is 83.4 Å². The van der Waals surface area contributed by atoms with Crippen molar-refractivity contribution in [3.63, 3.8) is 0 Å². The quantitative estimate of drug-likeness (QED) is 0.619. The van der Waals surface area contributed by atoms with Crippen molar-refractivity contribution in [3.05, 3.63) is 18.2 Å². The lowest BCUT2D eigenvalue weighted by Gasteiger charge is -2.56. The first-order valence-corrected chi connectivity index (χ1v) is 12.7. The zero-order valence-electron chi connectivity index (χ0n) is 20.0. The molecule has 5 nitrogen and oxygen atoms in total. The van der Waals surface area contributed by atoms with Gasteiger partial charge in [0.1, 0.15) is 6.61 Å². The number of fused-ring (bicyclic) bond motifs is 5. The first-order valence-electron chi connectivity index (χ1n) is 12.7. The summed E-state index contributed by atoms with van der Waals surface area (Å²) in [5.41, 5.74) is -0.550. The Morgan fingerprint density at radius 1 is 1.03 bits per heavy atom. The third-order valence-electron chi connectivity index (χ3n) is 9.89. The molecular formula is C26H35F3N2O3. The molecule has 188 valence electrons. The van der Waals surface area contributed by atoms with Gasteiger partial charge in [-0.25, -0.2) is 9.97 Å². The highest BCUT2D eigenvalue weighted by Gasteiger charge is 2.58. The smallest absolute Gasteiger partial charge is 0.451 e. The van der Waals surface area contributed by atoms with Crippen LogP contribution in [0.3, 0.4) is 0 Å². The number of aromatic nitrogens is 2. The Kier molecular flexibility index (Phi) is 5.97. The maximum Gasteiger partial charge on any atom is 0.451 e. The van der Waals surface area contributed by atoms with Gasteiger partial charge in [0.15, 0.2) is 11.5 Å². The molecule has 0 unspecified atom stereocenters. The molecule has 0 amide bonds. The molecule has 4 saturated carbocycles. The minimum atomic E-state index is -4.60. The summed E-state index contributed by atoms with van der Waals surface area (Å²) in [6.07, 6.45) is 6.79. The number of carbonyl (C=O) groups is 1. The maximum atomic E-state index is 13.2. The number of aliphatic hydroxyl groups is 1. The predicted octanol–water partition coefficient (Wildman–Crippen LogP) is 5.46. The summed E-state index contributed by atoms with van der Waals surface area (Å²) in [5.74, 6) is 2.07. The Bertz CT molecular complexity index is 919. The van der Waals surface area contributed by atoms with Crippen LogP contribution >= 0.6 is 0 Å². The molecule has 0 radical (unpaired) electrons. The standard InChI is InChI=1S/C26H35F3N2O3/c1-24(33)9-7-17-15(11-24)3-4-19-18(17)8-10-25(2)20(19)5-6-21(25)22(32)14-34-16-12-30-23(31-13-16)26(27,28)29/h12-13,15,17-21,33H,3-11,14H2,1-2H3/t15-,17+,18-,19-,20+,21-,24-,25+/m1/s1. The molecule has 4 aliphatic carbocycles. The van der Waals surface area contributed by atoms with Crippen molar-refractivity contribution < 1.29 is 27.8 Å². The summed E-state index contributed by atoms with van der Waals surface area (Å²) in [6, 6.07) is 0. The fourth-order valence-corrected chi connectivity index (χ4v) is 8.40. The molecule has 1 aromatic rings. The van der Waals surface area contributed by atoms with E-state index >= 15 is 0 Å². The van der Waals surface area contributed by atoms with E-state index in [4.69, 9.17) is 4.74 Å². The second-order valence-corrected chi connectivity index (χ2v) is 11.8. The van der Waals surface area contributed by atoms with Crippen molar-refractivity contribution in [3.8, 4) is 5.75 Å². The predicted molar refractivity (Wildman–Crippen MR) is 119 cm³/mol. The summed E-state index contributed by atoms with van der Waals surface area (Å²) < 4.78 is 43.5. The highest BCUT2D eigenvalue weighted by molar-refractivity contribution is 5.83. The van der Waals surface area contributed by atoms with Crippen molar-refractivity contribution in [2.24, 2.45) is 40.9 Å². The minimum absolute atomic E-state index is 0.0331. The van der Waals surface area contributed by atoms with Gasteiger partial charge in [0.2, 0.25) is 5.82 Å². The number of ketones is 1. The molecule has 1 aromatic heterocycles. The van der Waals surface area contributed by atoms with Crippen molar-refractivity contribution in [1.29, 1.82) is 0 Å². The molecule has 5 rings (SSSR count). The van der Waals surface area contributed by atoms with Crippen LogP contribution in [0.15, 0.2) is 12.4 Å². The number of hydrogen-bond acceptors (Lipinski definition) is 5. The number of carbonyl (C=O) groups excluding carboxylic acids is 1. The lowest BCUT2D eigenvalue weighted by molar-refractivity contribution is -0.145. The number of Topliss-reactive ketones (excluding diaryl/α,β-unsaturated/α-hetero) is 1. The number of hydrogen-bond donors (Lipinski definition) is 1. The third kappa shape index (κ3) is 4.24. The van der Waals surface area contributed by atoms with E-state index in [1.807, 2.05) is 6.92 Å². The van der Waals surface area contributed by atoms with Gasteiger partial charge in [-0.3, -0.25) is 4.79 Å². The van der Waals surface area contributed by atoms with Gasteiger partial charge in [0.05, 0.1) is 18.0 Å². The molecule has 0 spiro atoms. The number of rotatable bonds is 4. The van der Waals surface area contributed by atoms with Crippen LogP contribution in [0.1, 0.15) is 77.5 Å². The van der Waals surface area contributed by atoms with Gasteiger partial charge < -0.3 is 9.84 Å². The first kappa shape index (κ1) is 24.0. The van der Waals surface area contributed by atoms with Crippen molar-refractivity contribution in [1.82, 2.24) is 9.97 Å². The monoisotopic (exact) mass is 480 g/mol. The number of nitrogens with zero attached hydrogens (tertiary/aromatic N) is 2. The number of ether oxygens (including phenoxy) is 1. The van der Waals surface area contributed by atoms with Crippen LogP contribution < -0.4 is 4.74 Å². The summed E-state index contributed by atoms with van der Waals surface area (Å²) in [7, 11) is 0. The average Bonchev–Trinajstić information content (AvgIpc) is 3.13. The summed E-state index contributed by atoms with van der Waals surface area (Å²) in [4.78, 5) is 19.8. The van der Waals surface area contributed by atoms with Crippen LogP contribution in [0.4, 0.5) is 13.2 Å². The van der Waals surface area contributed by atoms with Crippen LogP contribution in [0.5, 0.6) is 5.75 Å². The molecule has 1 N–H and O–H groups in total. The van der Waals surface area contributed by atoms with Crippen LogP contribution in [0.25, 0.3) is 0 Å². The van der Waals surface area contributed by atoms with Crippen LogP contribution in [0, 0.1) is 40.9 Å². The zero-order valence-corrected chi connectivity index (χ0v) is 20.0. The molecule has 1 heterocycles. The van der Waals surface area contributed by atoms with E-state index in [1.54, 1.807) is 0 Å². The van der Waals surface area contributed by atoms with Crippen molar-refractivity contribution in [2.75, 3.05) is 6.61 Å².